The molecule has 0 saturated heterocycles. The van der Waals surface area contributed by atoms with Gasteiger partial charge in [0.1, 0.15) is 0 Å². The first-order valence-electron chi connectivity index (χ1n) is 7.46. The Hall–Kier alpha value is -2.95. The van der Waals surface area contributed by atoms with E-state index in [1.807, 2.05) is 62.4 Å². The van der Waals surface area contributed by atoms with Crippen LogP contribution in [0, 0.1) is 6.92 Å². The molecule has 2 aromatic carbocycles. The van der Waals surface area contributed by atoms with Crippen molar-refractivity contribution in [1.82, 2.24) is 10.2 Å². The van der Waals surface area contributed by atoms with E-state index >= 15 is 0 Å². The average molecular weight is 307 g/mol. The molecule has 3 aromatic rings. The second-order valence-electron chi connectivity index (χ2n) is 5.25. The number of carbonyl (C=O) groups excluding carboxylic acids is 1. The molecule has 0 aliphatic heterocycles. The van der Waals surface area contributed by atoms with Crippen molar-refractivity contribution in [1.29, 1.82) is 0 Å². The van der Waals surface area contributed by atoms with Gasteiger partial charge in [0, 0.05) is 23.2 Å². The standard InChI is InChI=1S/C18H17N3O2/c1-3-16-20-21-18(23-16)14-8-10-15(11-9-14)19-17(22)13-6-4-12(2)5-7-13/h4-11H,3H2,1-2H3,(H,19,22). The third-order valence-corrected chi connectivity index (χ3v) is 3.47. The lowest BCUT2D eigenvalue weighted by Crippen LogP contribution is -2.11. The zero-order chi connectivity index (χ0) is 16.2. The van der Waals surface area contributed by atoms with Crippen LogP contribution in [0.1, 0.15) is 28.7 Å². The molecule has 0 bridgehead atoms. The van der Waals surface area contributed by atoms with Crippen molar-refractivity contribution in [2.75, 3.05) is 5.32 Å². The van der Waals surface area contributed by atoms with Crippen LogP contribution in [0.5, 0.6) is 0 Å². The molecule has 0 spiro atoms. The lowest BCUT2D eigenvalue weighted by molar-refractivity contribution is 0.102. The van der Waals surface area contributed by atoms with Crippen molar-refractivity contribution >= 4 is 11.6 Å². The van der Waals surface area contributed by atoms with Crippen LogP contribution >= 0.6 is 0 Å². The highest BCUT2D eigenvalue weighted by atomic mass is 16.4. The zero-order valence-corrected chi connectivity index (χ0v) is 13.0. The largest absolute Gasteiger partial charge is 0.421 e. The van der Waals surface area contributed by atoms with Gasteiger partial charge in [-0.15, -0.1) is 10.2 Å². The molecule has 23 heavy (non-hydrogen) atoms. The first-order valence-corrected chi connectivity index (χ1v) is 7.46. The van der Waals surface area contributed by atoms with E-state index in [4.69, 9.17) is 4.42 Å². The maximum absolute atomic E-state index is 12.2. The minimum Gasteiger partial charge on any atom is -0.421 e. The van der Waals surface area contributed by atoms with Gasteiger partial charge in [-0.2, -0.15) is 0 Å². The molecule has 0 atom stereocenters. The normalized spacial score (nSPS) is 10.5. The Bertz CT molecular complexity index is 805. The maximum atomic E-state index is 12.2. The van der Waals surface area contributed by atoms with Gasteiger partial charge in [0.05, 0.1) is 0 Å². The molecule has 0 aliphatic rings. The second-order valence-corrected chi connectivity index (χ2v) is 5.25. The number of aryl methyl sites for hydroxylation is 2. The van der Waals surface area contributed by atoms with Crippen molar-refractivity contribution in [3.8, 4) is 11.5 Å². The zero-order valence-electron chi connectivity index (χ0n) is 13.0. The van der Waals surface area contributed by atoms with Gasteiger partial charge in [-0.05, 0) is 43.3 Å². The molecule has 116 valence electrons. The highest BCUT2D eigenvalue weighted by Crippen LogP contribution is 2.20. The van der Waals surface area contributed by atoms with Crippen molar-refractivity contribution in [2.24, 2.45) is 0 Å². The monoisotopic (exact) mass is 307 g/mol. The van der Waals surface area contributed by atoms with Crippen LogP contribution in [0.2, 0.25) is 0 Å². The summed E-state index contributed by atoms with van der Waals surface area (Å²) in [5.41, 5.74) is 3.29. The van der Waals surface area contributed by atoms with Gasteiger partial charge in [-0.3, -0.25) is 4.79 Å². The molecule has 1 heterocycles. The van der Waals surface area contributed by atoms with Gasteiger partial charge in [0.2, 0.25) is 11.8 Å². The fraction of sp³-hybridized carbons (Fsp3) is 0.167. The van der Waals surface area contributed by atoms with Crippen LogP contribution in [0.3, 0.4) is 0 Å². The van der Waals surface area contributed by atoms with Gasteiger partial charge in [-0.25, -0.2) is 0 Å². The number of carbonyl (C=O) groups is 1. The fourth-order valence-corrected chi connectivity index (χ4v) is 2.12. The lowest BCUT2D eigenvalue weighted by Gasteiger charge is -2.06. The first-order chi connectivity index (χ1) is 11.2. The van der Waals surface area contributed by atoms with Gasteiger partial charge < -0.3 is 9.73 Å². The summed E-state index contributed by atoms with van der Waals surface area (Å²) in [5, 5.41) is 10.8. The molecule has 3 rings (SSSR count). The van der Waals surface area contributed by atoms with Crippen LogP contribution in [0.4, 0.5) is 5.69 Å². The Kier molecular flexibility index (Phi) is 4.19. The summed E-state index contributed by atoms with van der Waals surface area (Å²) in [4.78, 5) is 12.2. The summed E-state index contributed by atoms with van der Waals surface area (Å²) in [6, 6.07) is 14.8. The van der Waals surface area contributed by atoms with E-state index in [1.54, 1.807) is 0 Å². The van der Waals surface area contributed by atoms with E-state index in [2.05, 4.69) is 15.5 Å². The molecule has 0 aliphatic carbocycles. The predicted molar refractivity (Wildman–Crippen MR) is 88.2 cm³/mol. The molecule has 1 N–H and O–H groups in total. The van der Waals surface area contributed by atoms with E-state index in [1.165, 1.54) is 0 Å². The topological polar surface area (TPSA) is 68.0 Å². The Morgan fingerprint density at radius 1 is 1.04 bits per heavy atom. The number of benzene rings is 2. The van der Waals surface area contributed by atoms with Crippen LogP contribution in [0.15, 0.2) is 52.9 Å². The van der Waals surface area contributed by atoms with Crippen LogP contribution in [-0.2, 0) is 6.42 Å². The predicted octanol–water partition coefficient (Wildman–Crippen LogP) is 3.86. The number of rotatable bonds is 4. The minimum absolute atomic E-state index is 0.135. The highest BCUT2D eigenvalue weighted by molar-refractivity contribution is 6.04. The molecule has 5 nitrogen and oxygen atoms in total. The van der Waals surface area contributed by atoms with Crippen molar-refractivity contribution < 1.29 is 9.21 Å². The SMILES string of the molecule is CCc1nnc(-c2ccc(NC(=O)c3ccc(C)cc3)cc2)o1. The summed E-state index contributed by atoms with van der Waals surface area (Å²) in [6.45, 7) is 3.95. The molecule has 1 amide bonds. The van der Waals surface area contributed by atoms with Gasteiger partial charge >= 0.3 is 0 Å². The molecular formula is C18H17N3O2. The molecular weight excluding hydrogens is 290 g/mol. The molecule has 5 heteroatoms. The van der Waals surface area contributed by atoms with Crippen molar-refractivity contribution in [2.45, 2.75) is 20.3 Å². The molecule has 0 unspecified atom stereocenters. The van der Waals surface area contributed by atoms with Gasteiger partial charge in [0.25, 0.3) is 5.91 Å². The molecule has 0 saturated carbocycles. The minimum atomic E-state index is -0.135. The Morgan fingerprint density at radius 3 is 2.35 bits per heavy atom. The number of anilines is 1. The van der Waals surface area contributed by atoms with Crippen molar-refractivity contribution in [3.63, 3.8) is 0 Å². The van der Waals surface area contributed by atoms with E-state index in [0.717, 1.165) is 16.8 Å². The second kappa shape index (κ2) is 6.44. The van der Waals surface area contributed by atoms with Gasteiger partial charge in [0.15, 0.2) is 0 Å². The lowest BCUT2D eigenvalue weighted by atomic mass is 10.1. The third kappa shape index (κ3) is 3.45. The summed E-state index contributed by atoms with van der Waals surface area (Å²) in [7, 11) is 0. The Morgan fingerprint density at radius 2 is 1.74 bits per heavy atom. The molecule has 0 fully saturated rings. The number of amides is 1. The fourth-order valence-electron chi connectivity index (χ4n) is 2.12. The Labute approximate surface area is 134 Å². The third-order valence-electron chi connectivity index (χ3n) is 3.47. The summed E-state index contributed by atoms with van der Waals surface area (Å²) < 4.78 is 5.51. The average Bonchev–Trinajstić information content (AvgIpc) is 3.05. The van der Waals surface area contributed by atoms with Crippen LogP contribution in [-0.4, -0.2) is 16.1 Å². The number of nitrogens with one attached hydrogen (secondary N) is 1. The van der Waals surface area contributed by atoms with E-state index in [9.17, 15) is 4.79 Å². The number of hydrogen-bond acceptors (Lipinski definition) is 4. The Balaban J connectivity index is 1.72. The number of nitrogens with zero attached hydrogens (tertiary/aromatic N) is 2. The number of aromatic nitrogens is 2. The highest BCUT2D eigenvalue weighted by Gasteiger charge is 2.09. The van der Waals surface area contributed by atoms with Crippen LogP contribution in [0.25, 0.3) is 11.5 Å². The molecule has 1 aromatic heterocycles. The first kappa shape index (κ1) is 15.0. The van der Waals surface area contributed by atoms with E-state index < -0.39 is 0 Å². The smallest absolute Gasteiger partial charge is 0.255 e. The van der Waals surface area contributed by atoms with Gasteiger partial charge in [-0.1, -0.05) is 24.6 Å². The summed E-state index contributed by atoms with van der Waals surface area (Å²) >= 11 is 0. The van der Waals surface area contributed by atoms with Crippen LogP contribution < -0.4 is 5.32 Å². The van der Waals surface area contributed by atoms with E-state index in [0.29, 0.717) is 23.8 Å². The van der Waals surface area contributed by atoms with E-state index in [-0.39, 0.29) is 5.91 Å². The molecule has 0 radical (unpaired) electrons. The quantitative estimate of drug-likeness (QED) is 0.794. The van der Waals surface area contributed by atoms with Crippen molar-refractivity contribution in [3.05, 3.63) is 65.5 Å². The summed E-state index contributed by atoms with van der Waals surface area (Å²) in [6.07, 6.45) is 0.706. The number of hydrogen-bond donors (Lipinski definition) is 1. The summed E-state index contributed by atoms with van der Waals surface area (Å²) in [5.74, 6) is 0.957. The maximum Gasteiger partial charge on any atom is 0.255 e.